The largest absolute Gasteiger partial charge is 0.351 e. The molecule has 172 valence electrons. The van der Waals surface area contributed by atoms with Crippen LogP contribution < -0.4 is 5.32 Å². The summed E-state index contributed by atoms with van der Waals surface area (Å²) in [5, 5.41) is 5.35. The Morgan fingerprint density at radius 2 is 2.21 bits per heavy atom. The van der Waals surface area contributed by atoms with Gasteiger partial charge in [-0.05, 0) is 62.6 Å². The molecule has 0 radical (unpaired) electrons. The van der Waals surface area contributed by atoms with E-state index in [4.69, 9.17) is 11.6 Å². The summed E-state index contributed by atoms with van der Waals surface area (Å²) in [5.41, 5.74) is 2.51. The molecule has 3 aromatic rings. The lowest BCUT2D eigenvalue weighted by Gasteiger charge is -2.20. The average molecular weight is 483 g/mol. The van der Waals surface area contributed by atoms with Crippen molar-refractivity contribution >= 4 is 45.5 Å². The van der Waals surface area contributed by atoms with Crippen molar-refractivity contribution in [1.29, 1.82) is 0 Å². The molecule has 1 fully saturated rings. The van der Waals surface area contributed by atoms with Gasteiger partial charge in [0, 0.05) is 46.4 Å². The number of allylic oxidation sites excluding steroid dienone is 2. The summed E-state index contributed by atoms with van der Waals surface area (Å²) in [6.07, 6.45) is 8.37. The first-order valence-corrected chi connectivity index (χ1v) is 12.6. The average Bonchev–Trinajstić information content (AvgIpc) is 3.51. The summed E-state index contributed by atoms with van der Waals surface area (Å²) >= 11 is 7.57. The molecule has 1 saturated carbocycles. The second-order valence-corrected chi connectivity index (χ2v) is 10.6. The number of nitrogens with one attached hydrogen (secondary N) is 2. The number of H-pyrrole nitrogens is 1. The van der Waals surface area contributed by atoms with Crippen LogP contribution in [-0.4, -0.2) is 46.2 Å². The van der Waals surface area contributed by atoms with E-state index in [0.29, 0.717) is 21.6 Å². The minimum Gasteiger partial charge on any atom is -0.351 e. The molecule has 2 atom stereocenters. The maximum atomic E-state index is 12.8. The van der Waals surface area contributed by atoms with Crippen molar-refractivity contribution < 1.29 is 9.59 Å². The SMILES string of the molecule is CN1CCc2nc(C(=O)/C=C/C[C@H]3CCC[C@@H]3NC(=O)c3cc4cc(Cl)ccc4[nH]3)sc2C1. The highest BCUT2D eigenvalue weighted by atomic mass is 35.5. The highest BCUT2D eigenvalue weighted by Gasteiger charge is 2.28. The van der Waals surface area contributed by atoms with Gasteiger partial charge in [0.15, 0.2) is 5.01 Å². The van der Waals surface area contributed by atoms with Crippen LogP contribution in [-0.2, 0) is 13.0 Å². The molecule has 1 amide bonds. The van der Waals surface area contributed by atoms with Crippen molar-refractivity contribution in [3.05, 3.63) is 62.7 Å². The summed E-state index contributed by atoms with van der Waals surface area (Å²) < 4.78 is 0. The molecule has 0 spiro atoms. The second-order valence-electron chi connectivity index (χ2n) is 9.06. The third-order valence-corrected chi connectivity index (χ3v) is 7.98. The van der Waals surface area contributed by atoms with Crippen LogP contribution in [0.4, 0.5) is 0 Å². The Balaban J connectivity index is 1.19. The fraction of sp³-hybridized carbons (Fsp3) is 0.400. The zero-order chi connectivity index (χ0) is 22.9. The van der Waals surface area contributed by atoms with E-state index in [9.17, 15) is 9.59 Å². The van der Waals surface area contributed by atoms with Gasteiger partial charge in [-0.1, -0.05) is 24.1 Å². The first-order valence-electron chi connectivity index (χ1n) is 11.4. The lowest BCUT2D eigenvalue weighted by molar-refractivity contribution is 0.0923. The summed E-state index contributed by atoms with van der Waals surface area (Å²) in [7, 11) is 2.09. The number of aromatic amines is 1. The van der Waals surface area contributed by atoms with Crippen LogP contribution in [0.3, 0.4) is 0 Å². The fourth-order valence-electron chi connectivity index (χ4n) is 4.83. The molecule has 0 bridgehead atoms. The van der Waals surface area contributed by atoms with E-state index in [0.717, 1.165) is 61.8 Å². The van der Waals surface area contributed by atoms with Gasteiger partial charge in [-0.15, -0.1) is 11.3 Å². The number of carbonyl (C=O) groups is 2. The van der Waals surface area contributed by atoms with Crippen LogP contribution in [0.1, 0.15) is 56.5 Å². The molecule has 0 unspecified atom stereocenters. The topological polar surface area (TPSA) is 78.1 Å². The summed E-state index contributed by atoms with van der Waals surface area (Å²) in [4.78, 5) is 36.7. The van der Waals surface area contributed by atoms with Crippen molar-refractivity contribution in [3.8, 4) is 0 Å². The van der Waals surface area contributed by atoms with Crippen molar-refractivity contribution in [1.82, 2.24) is 20.2 Å². The van der Waals surface area contributed by atoms with Crippen LogP contribution in [0, 0.1) is 5.92 Å². The number of thiazole rings is 1. The second kappa shape index (κ2) is 9.41. The van der Waals surface area contributed by atoms with Gasteiger partial charge in [-0.2, -0.15) is 0 Å². The molecular weight excluding hydrogens is 456 g/mol. The Labute approximate surface area is 202 Å². The highest BCUT2D eigenvalue weighted by molar-refractivity contribution is 7.13. The van der Waals surface area contributed by atoms with Crippen LogP contribution in [0.25, 0.3) is 10.9 Å². The number of ketones is 1. The third-order valence-electron chi connectivity index (χ3n) is 6.64. The van der Waals surface area contributed by atoms with Gasteiger partial charge in [0.05, 0.1) is 5.69 Å². The number of aromatic nitrogens is 2. The predicted octanol–water partition coefficient (Wildman–Crippen LogP) is 4.99. The zero-order valence-electron chi connectivity index (χ0n) is 18.6. The molecule has 5 rings (SSSR count). The number of hydrogen-bond acceptors (Lipinski definition) is 5. The summed E-state index contributed by atoms with van der Waals surface area (Å²) in [6, 6.07) is 7.48. The Kier molecular flexibility index (Phi) is 6.36. The molecule has 2 N–H and O–H groups in total. The number of amides is 1. The Bertz CT molecular complexity index is 1230. The molecule has 2 aliphatic rings. The molecule has 6 nitrogen and oxygen atoms in total. The van der Waals surface area contributed by atoms with Crippen molar-refractivity contribution in [2.24, 2.45) is 5.92 Å². The molecule has 33 heavy (non-hydrogen) atoms. The molecule has 1 aliphatic carbocycles. The normalized spacial score (nSPS) is 21.0. The number of rotatable bonds is 6. The molecule has 1 aliphatic heterocycles. The van der Waals surface area contributed by atoms with E-state index in [1.807, 2.05) is 30.3 Å². The minimum atomic E-state index is -0.0994. The first-order chi connectivity index (χ1) is 16.0. The Morgan fingerprint density at radius 1 is 1.33 bits per heavy atom. The van der Waals surface area contributed by atoms with Crippen LogP contribution in [0.15, 0.2) is 36.4 Å². The lowest BCUT2D eigenvalue weighted by Crippen LogP contribution is -2.37. The fourth-order valence-corrected chi connectivity index (χ4v) is 6.12. The van der Waals surface area contributed by atoms with E-state index in [1.165, 1.54) is 16.2 Å². The minimum absolute atomic E-state index is 0.0210. The van der Waals surface area contributed by atoms with E-state index in [1.54, 1.807) is 6.08 Å². The van der Waals surface area contributed by atoms with Crippen LogP contribution >= 0.6 is 22.9 Å². The van der Waals surface area contributed by atoms with E-state index in [2.05, 4.69) is 27.2 Å². The number of nitrogens with zero attached hydrogens (tertiary/aromatic N) is 2. The monoisotopic (exact) mass is 482 g/mol. The van der Waals surface area contributed by atoms with Crippen LogP contribution in [0.2, 0.25) is 5.02 Å². The van der Waals surface area contributed by atoms with E-state index < -0.39 is 0 Å². The maximum absolute atomic E-state index is 12.8. The Hall–Kier alpha value is -2.48. The number of hydrogen-bond donors (Lipinski definition) is 2. The molecule has 2 aromatic heterocycles. The third kappa shape index (κ3) is 4.90. The summed E-state index contributed by atoms with van der Waals surface area (Å²) in [5.74, 6) is 0.208. The lowest BCUT2D eigenvalue weighted by atomic mass is 9.99. The molecule has 3 heterocycles. The van der Waals surface area contributed by atoms with Gasteiger partial charge in [0.25, 0.3) is 5.91 Å². The number of likely N-dealkylation sites (N-methyl/N-ethyl adjacent to an activating group) is 1. The first kappa shape index (κ1) is 22.3. The maximum Gasteiger partial charge on any atom is 0.267 e. The highest BCUT2D eigenvalue weighted by Crippen LogP contribution is 2.30. The molecular formula is C25H27ClN4O2S. The number of fused-ring (bicyclic) bond motifs is 2. The van der Waals surface area contributed by atoms with Gasteiger partial charge in [-0.3, -0.25) is 9.59 Å². The van der Waals surface area contributed by atoms with Crippen molar-refractivity contribution in [2.45, 2.75) is 44.7 Å². The van der Waals surface area contributed by atoms with E-state index in [-0.39, 0.29) is 17.7 Å². The molecule has 1 aromatic carbocycles. The standard InChI is InChI=1S/C25H27ClN4O2S/c1-30-11-10-20-23(14-30)33-25(29-20)22(31)7-3-5-15-4-2-6-18(15)28-24(32)21-13-16-12-17(26)8-9-19(16)27-21/h3,7-9,12-13,15,18,27H,2,4-6,10-11,14H2,1H3,(H,28,32)/b7-3+/t15-,18+/m1/s1. The van der Waals surface area contributed by atoms with Crippen LogP contribution in [0.5, 0.6) is 0 Å². The van der Waals surface area contributed by atoms with Crippen molar-refractivity contribution in [2.75, 3.05) is 13.6 Å². The van der Waals surface area contributed by atoms with Gasteiger partial charge < -0.3 is 15.2 Å². The number of benzene rings is 1. The van der Waals surface area contributed by atoms with Gasteiger partial charge in [0.2, 0.25) is 5.78 Å². The van der Waals surface area contributed by atoms with Gasteiger partial charge in [-0.25, -0.2) is 4.98 Å². The number of carbonyl (C=O) groups excluding carboxylic acids is 2. The van der Waals surface area contributed by atoms with Gasteiger partial charge in [0.1, 0.15) is 5.69 Å². The van der Waals surface area contributed by atoms with E-state index >= 15 is 0 Å². The smallest absolute Gasteiger partial charge is 0.267 e. The number of halogens is 1. The molecule has 0 saturated heterocycles. The quantitative estimate of drug-likeness (QED) is 0.383. The Morgan fingerprint density at radius 3 is 3.09 bits per heavy atom. The van der Waals surface area contributed by atoms with Gasteiger partial charge >= 0.3 is 0 Å². The predicted molar refractivity (Wildman–Crippen MR) is 132 cm³/mol. The summed E-state index contributed by atoms with van der Waals surface area (Å²) in [6.45, 7) is 1.86. The van der Waals surface area contributed by atoms with Crippen molar-refractivity contribution in [3.63, 3.8) is 0 Å². The molecule has 8 heteroatoms. The zero-order valence-corrected chi connectivity index (χ0v) is 20.1.